The highest BCUT2D eigenvalue weighted by Crippen LogP contribution is 2.30. The minimum Gasteiger partial charge on any atom is -0.388 e. The second-order valence-electron chi connectivity index (χ2n) is 5.67. The molecular formula is C16H24N2O2. The van der Waals surface area contributed by atoms with Crippen molar-refractivity contribution in [3.8, 4) is 0 Å². The number of rotatable bonds is 5. The van der Waals surface area contributed by atoms with Crippen molar-refractivity contribution in [1.82, 2.24) is 4.90 Å². The number of amides is 1. The molecule has 110 valence electrons. The lowest BCUT2D eigenvalue weighted by atomic mass is 10.0. The fourth-order valence-corrected chi connectivity index (χ4v) is 2.92. The largest absolute Gasteiger partial charge is 0.388 e. The van der Waals surface area contributed by atoms with E-state index >= 15 is 0 Å². The maximum absolute atomic E-state index is 12.5. The minimum atomic E-state index is -0.697. The van der Waals surface area contributed by atoms with Crippen LogP contribution in [0.3, 0.4) is 0 Å². The molecule has 0 bridgehead atoms. The first-order chi connectivity index (χ1) is 9.56. The Balaban J connectivity index is 2.10. The summed E-state index contributed by atoms with van der Waals surface area (Å²) >= 11 is 0. The van der Waals surface area contributed by atoms with Gasteiger partial charge in [0, 0.05) is 25.8 Å². The van der Waals surface area contributed by atoms with Crippen molar-refractivity contribution in [1.29, 1.82) is 0 Å². The Hall–Kier alpha value is -1.55. The summed E-state index contributed by atoms with van der Waals surface area (Å²) < 4.78 is 0. The summed E-state index contributed by atoms with van der Waals surface area (Å²) in [5.74, 6) is -0.0399. The van der Waals surface area contributed by atoms with Crippen LogP contribution in [-0.2, 0) is 0 Å². The summed E-state index contributed by atoms with van der Waals surface area (Å²) in [6, 6.07) is 7.52. The van der Waals surface area contributed by atoms with E-state index in [0.29, 0.717) is 12.1 Å². The number of benzene rings is 1. The van der Waals surface area contributed by atoms with Crippen LogP contribution in [0.1, 0.15) is 43.0 Å². The van der Waals surface area contributed by atoms with E-state index in [4.69, 9.17) is 0 Å². The van der Waals surface area contributed by atoms with E-state index in [-0.39, 0.29) is 5.91 Å². The van der Waals surface area contributed by atoms with E-state index in [2.05, 4.69) is 5.32 Å². The minimum absolute atomic E-state index is 0.0399. The van der Waals surface area contributed by atoms with Gasteiger partial charge in [0.05, 0.1) is 11.2 Å². The Bertz CT molecular complexity index is 467. The number of carbonyl (C=O) groups excluding carboxylic acids is 1. The van der Waals surface area contributed by atoms with Gasteiger partial charge in [0.2, 0.25) is 0 Å². The van der Waals surface area contributed by atoms with Crippen LogP contribution >= 0.6 is 0 Å². The molecular weight excluding hydrogens is 252 g/mol. The molecule has 2 N–H and O–H groups in total. The van der Waals surface area contributed by atoms with E-state index in [1.165, 1.54) is 0 Å². The Morgan fingerprint density at radius 3 is 2.65 bits per heavy atom. The Labute approximate surface area is 120 Å². The molecule has 0 radical (unpaired) electrons. The van der Waals surface area contributed by atoms with Crippen molar-refractivity contribution < 1.29 is 9.90 Å². The van der Waals surface area contributed by atoms with Gasteiger partial charge >= 0.3 is 0 Å². The van der Waals surface area contributed by atoms with Gasteiger partial charge in [-0.15, -0.1) is 0 Å². The van der Waals surface area contributed by atoms with E-state index in [0.717, 1.165) is 37.9 Å². The van der Waals surface area contributed by atoms with Gasteiger partial charge in [0.25, 0.3) is 5.91 Å². The van der Waals surface area contributed by atoms with Gasteiger partial charge in [0.15, 0.2) is 0 Å². The summed E-state index contributed by atoms with van der Waals surface area (Å²) in [7, 11) is 1.77. The molecule has 2 rings (SSSR count). The molecule has 1 aromatic carbocycles. The van der Waals surface area contributed by atoms with Crippen LogP contribution < -0.4 is 5.32 Å². The van der Waals surface area contributed by atoms with Crippen molar-refractivity contribution in [2.45, 2.75) is 38.2 Å². The standard InChI is InChI=1S/C16H24N2O2/c1-3-17-14-9-5-4-8-13(14)15(19)18(2)12-16(20)10-6-7-11-16/h4-5,8-9,17,20H,3,6-7,10-12H2,1-2H3. The molecule has 1 amide bonds. The van der Waals surface area contributed by atoms with E-state index in [9.17, 15) is 9.90 Å². The summed E-state index contributed by atoms with van der Waals surface area (Å²) in [4.78, 5) is 14.2. The number of para-hydroxylation sites is 1. The average Bonchev–Trinajstić information content (AvgIpc) is 2.85. The Kier molecular flexibility index (Phi) is 4.65. The first-order valence-corrected chi connectivity index (χ1v) is 7.36. The maximum atomic E-state index is 12.5. The molecule has 1 aromatic rings. The van der Waals surface area contributed by atoms with Crippen LogP contribution in [0.2, 0.25) is 0 Å². The van der Waals surface area contributed by atoms with Gasteiger partial charge in [-0.1, -0.05) is 25.0 Å². The van der Waals surface area contributed by atoms with Gasteiger partial charge in [-0.25, -0.2) is 0 Å². The van der Waals surface area contributed by atoms with Crippen LogP contribution in [0, 0.1) is 0 Å². The molecule has 1 fully saturated rings. The molecule has 0 aromatic heterocycles. The predicted molar refractivity (Wildman–Crippen MR) is 81.0 cm³/mol. The molecule has 1 aliphatic carbocycles. The molecule has 0 saturated heterocycles. The highest BCUT2D eigenvalue weighted by molar-refractivity contribution is 5.99. The quantitative estimate of drug-likeness (QED) is 0.868. The number of nitrogens with one attached hydrogen (secondary N) is 1. The zero-order valence-corrected chi connectivity index (χ0v) is 12.4. The number of carbonyl (C=O) groups is 1. The molecule has 0 heterocycles. The molecule has 4 heteroatoms. The van der Waals surface area contributed by atoms with Crippen molar-refractivity contribution in [2.75, 3.05) is 25.5 Å². The normalized spacial score (nSPS) is 16.9. The van der Waals surface area contributed by atoms with Gasteiger partial charge in [0.1, 0.15) is 0 Å². The van der Waals surface area contributed by atoms with Gasteiger partial charge in [-0.2, -0.15) is 0 Å². The second-order valence-corrected chi connectivity index (χ2v) is 5.67. The number of anilines is 1. The van der Waals surface area contributed by atoms with Crippen molar-refractivity contribution in [3.05, 3.63) is 29.8 Å². The number of hydrogen-bond acceptors (Lipinski definition) is 3. The molecule has 1 aliphatic rings. The van der Waals surface area contributed by atoms with E-state index in [1.54, 1.807) is 11.9 Å². The van der Waals surface area contributed by atoms with Crippen LogP contribution in [0.25, 0.3) is 0 Å². The molecule has 1 saturated carbocycles. The maximum Gasteiger partial charge on any atom is 0.255 e. The lowest BCUT2D eigenvalue weighted by molar-refractivity contribution is 0.0157. The fourth-order valence-electron chi connectivity index (χ4n) is 2.92. The number of likely N-dealkylation sites (N-methyl/N-ethyl adjacent to an activating group) is 1. The molecule has 20 heavy (non-hydrogen) atoms. The SMILES string of the molecule is CCNc1ccccc1C(=O)N(C)CC1(O)CCCC1. The molecule has 0 aliphatic heterocycles. The lowest BCUT2D eigenvalue weighted by Gasteiger charge is -2.29. The van der Waals surface area contributed by atoms with Crippen LogP contribution in [-0.4, -0.2) is 41.7 Å². The van der Waals surface area contributed by atoms with Gasteiger partial charge in [-0.05, 0) is 31.9 Å². The highest BCUT2D eigenvalue weighted by atomic mass is 16.3. The Morgan fingerprint density at radius 2 is 2.00 bits per heavy atom. The summed E-state index contributed by atoms with van der Waals surface area (Å²) in [5.41, 5.74) is 0.820. The van der Waals surface area contributed by atoms with Gasteiger partial charge in [-0.3, -0.25) is 4.79 Å². The number of nitrogens with zero attached hydrogens (tertiary/aromatic N) is 1. The highest BCUT2D eigenvalue weighted by Gasteiger charge is 2.33. The van der Waals surface area contributed by atoms with Crippen molar-refractivity contribution in [2.24, 2.45) is 0 Å². The number of hydrogen-bond donors (Lipinski definition) is 2. The monoisotopic (exact) mass is 276 g/mol. The topological polar surface area (TPSA) is 52.6 Å². The predicted octanol–water partition coefficient (Wildman–Crippen LogP) is 2.50. The van der Waals surface area contributed by atoms with E-state index in [1.807, 2.05) is 31.2 Å². The molecule has 0 atom stereocenters. The smallest absolute Gasteiger partial charge is 0.255 e. The molecule has 0 unspecified atom stereocenters. The van der Waals surface area contributed by atoms with Crippen LogP contribution in [0.15, 0.2) is 24.3 Å². The third kappa shape index (κ3) is 3.31. The summed E-state index contributed by atoms with van der Waals surface area (Å²) in [6.45, 7) is 3.19. The number of aliphatic hydroxyl groups is 1. The third-order valence-electron chi connectivity index (χ3n) is 3.94. The van der Waals surface area contributed by atoms with Crippen LogP contribution in [0.4, 0.5) is 5.69 Å². The Morgan fingerprint density at radius 1 is 1.35 bits per heavy atom. The van der Waals surface area contributed by atoms with Gasteiger partial charge < -0.3 is 15.3 Å². The van der Waals surface area contributed by atoms with Crippen molar-refractivity contribution >= 4 is 11.6 Å². The molecule has 4 nitrogen and oxygen atoms in total. The van der Waals surface area contributed by atoms with Crippen LogP contribution in [0.5, 0.6) is 0 Å². The third-order valence-corrected chi connectivity index (χ3v) is 3.94. The second kappa shape index (κ2) is 6.27. The zero-order chi connectivity index (χ0) is 14.6. The lowest BCUT2D eigenvalue weighted by Crippen LogP contribution is -2.42. The zero-order valence-electron chi connectivity index (χ0n) is 12.4. The first kappa shape index (κ1) is 14.9. The molecule has 0 spiro atoms. The summed E-state index contributed by atoms with van der Waals surface area (Å²) in [6.07, 6.45) is 3.68. The fraction of sp³-hybridized carbons (Fsp3) is 0.562. The first-order valence-electron chi connectivity index (χ1n) is 7.36. The summed E-state index contributed by atoms with van der Waals surface area (Å²) in [5, 5.41) is 13.6. The average molecular weight is 276 g/mol. The van der Waals surface area contributed by atoms with E-state index < -0.39 is 5.60 Å². The van der Waals surface area contributed by atoms with Crippen molar-refractivity contribution in [3.63, 3.8) is 0 Å².